The van der Waals surface area contributed by atoms with Gasteiger partial charge in [-0.1, -0.05) is 6.07 Å². The molecule has 2 N–H and O–H groups in total. The van der Waals surface area contributed by atoms with Crippen molar-refractivity contribution >= 4 is 11.9 Å². The summed E-state index contributed by atoms with van der Waals surface area (Å²) in [7, 11) is 0. The van der Waals surface area contributed by atoms with E-state index in [0.717, 1.165) is 18.0 Å². The number of benzene rings is 1. The summed E-state index contributed by atoms with van der Waals surface area (Å²) < 4.78 is 36.9. The monoisotopic (exact) mass is 207 g/mol. The molecule has 0 aliphatic carbocycles. The largest absolute Gasteiger partial charge is 0.416 e. The van der Waals surface area contributed by atoms with Gasteiger partial charge in [-0.2, -0.15) is 13.2 Å². The zero-order chi connectivity index (χ0) is 10.1. The third-order valence-electron chi connectivity index (χ3n) is 1.65. The third kappa shape index (κ3) is 2.38. The van der Waals surface area contributed by atoms with Crippen LogP contribution >= 0.6 is 11.9 Å². The van der Waals surface area contributed by atoms with Gasteiger partial charge in [-0.05, 0) is 36.6 Å². The lowest BCUT2D eigenvalue weighted by molar-refractivity contribution is -0.138. The Morgan fingerprint density at radius 1 is 1.31 bits per heavy atom. The van der Waals surface area contributed by atoms with E-state index >= 15 is 0 Å². The van der Waals surface area contributed by atoms with Gasteiger partial charge in [0.05, 0.1) is 5.56 Å². The highest BCUT2D eigenvalue weighted by Crippen LogP contribution is 2.33. The summed E-state index contributed by atoms with van der Waals surface area (Å²) in [5.41, 5.74) is -0.409. The maximum Gasteiger partial charge on any atom is 0.416 e. The second kappa shape index (κ2) is 3.59. The first-order valence-corrected chi connectivity index (χ1v) is 4.37. The second-order valence-corrected chi connectivity index (χ2v) is 3.30. The molecule has 0 radical (unpaired) electrons. The van der Waals surface area contributed by atoms with E-state index in [1.807, 2.05) is 0 Å². The minimum atomic E-state index is -4.30. The van der Waals surface area contributed by atoms with Gasteiger partial charge in [-0.25, -0.2) is 0 Å². The van der Waals surface area contributed by atoms with Crippen LogP contribution in [-0.2, 0) is 6.18 Å². The third-order valence-corrected chi connectivity index (χ3v) is 2.18. The molecule has 0 amide bonds. The van der Waals surface area contributed by atoms with Crippen LogP contribution in [0.25, 0.3) is 0 Å². The summed E-state index contributed by atoms with van der Waals surface area (Å²) in [6, 6.07) is 4.03. The summed E-state index contributed by atoms with van der Waals surface area (Å²) in [5.74, 6) is 0. The Morgan fingerprint density at radius 2 is 1.92 bits per heavy atom. The molecule has 1 rings (SSSR count). The summed E-state index contributed by atoms with van der Waals surface area (Å²) in [5, 5.41) is 5.16. The lowest BCUT2D eigenvalue weighted by atomic mass is 10.1. The van der Waals surface area contributed by atoms with Gasteiger partial charge in [-0.3, -0.25) is 5.14 Å². The highest BCUT2D eigenvalue weighted by molar-refractivity contribution is 7.97. The number of aryl methyl sites for hydroxylation is 1. The van der Waals surface area contributed by atoms with E-state index in [9.17, 15) is 13.2 Å². The molecule has 0 fully saturated rings. The minimum Gasteiger partial charge on any atom is -0.274 e. The van der Waals surface area contributed by atoms with Gasteiger partial charge < -0.3 is 0 Å². The molecule has 0 aliphatic heterocycles. The Morgan fingerprint density at radius 3 is 2.38 bits per heavy atom. The van der Waals surface area contributed by atoms with Gasteiger partial charge in [-0.15, -0.1) is 0 Å². The van der Waals surface area contributed by atoms with Crippen LogP contribution in [0.3, 0.4) is 0 Å². The van der Waals surface area contributed by atoms with Crippen molar-refractivity contribution < 1.29 is 13.2 Å². The van der Waals surface area contributed by atoms with Gasteiger partial charge in [0.1, 0.15) is 0 Å². The molecule has 0 heterocycles. The number of alkyl halides is 3. The van der Waals surface area contributed by atoms with Crippen LogP contribution in [-0.4, -0.2) is 0 Å². The average molecular weight is 207 g/mol. The van der Waals surface area contributed by atoms with E-state index in [-0.39, 0.29) is 5.56 Å². The molecule has 0 atom stereocenters. The molecule has 1 aromatic rings. The number of hydrogen-bond donors (Lipinski definition) is 1. The minimum absolute atomic E-state index is 0.213. The van der Waals surface area contributed by atoms with Crippen LogP contribution in [0, 0.1) is 6.92 Å². The summed E-state index contributed by atoms with van der Waals surface area (Å²) >= 11 is 0.808. The molecule has 0 aromatic heterocycles. The Hall–Kier alpha value is -0.680. The van der Waals surface area contributed by atoms with E-state index in [4.69, 9.17) is 5.14 Å². The summed E-state index contributed by atoms with van der Waals surface area (Å²) in [6.07, 6.45) is -4.30. The molecule has 5 heteroatoms. The molecule has 72 valence electrons. The molecule has 1 aromatic carbocycles. The van der Waals surface area contributed by atoms with Crippen molar-refractivity contribution in [3.05, 3.63) is 29.3 Å². The van der Waals surface area contributed by atoms with Crippen molar-refractivity contribution in [1.29, 1.82) is 0 Å². The number of hydrogen-bond acceptors (Lipinski definition) is 2. The first kappa shape index (κ1) is 10.4. The SMILES string of the molecule is Cc1ccc(SN)cc1C(F)(F)F. The molecule has 1 nitrogen and oxygen atoms in total. The van der Waals surface area contributed by atoms with Crippen molar-refractivity contribution in [2.24, 2.45) is 5.14 Å². The fourth-order valence-corrected chi connectivity index (χ4v) is 1.31. The molecule has 0 spiro atoms. The van der Waals surface area contributed by atoms with Gasteiger partial charge in [0, 0.05) is 4.90 Å². The average Bonchev–Trinajstić information content (AvgIpc) is 2.03. The van der Waals surface area contributed by atoms with Gasteiger partial charge in [0.15, 0.2) is 0 Å². The van der Waals surface area contributed by atoms with Gasteiger partial charge >= 0.3 is 6.18 Å². The zero-order valence-corrected chi connectivity index (χ0v) is 7.67. The van der Waals surface area contributed by atoms with Crippen LogP contribution in [0.1, 0.15) is 11.1 Å². The van der Waals surface area contributed by atoms with E-state index < -0.39 is 11.7 Å². The fourth-order valence-electron chi connectivity index (χ4n) is 0.980. The van der Waals surface area contributed by atoms with E-state index in [2.05, 4.69) is 0 Å². The lowest BCUT2D eigenvalue weighted by Crippen LogP contribution is -2.07. The molecule has 13 heavy (non-hydrogen) atoms. The normalized spacial score (nSPS) is 11.8. The van der Waals surface area contributed by atoms with Crippen LogP contribution in [0.2, 0.25) is 0 Å². The van der Waals surface area contributed by atoms with Crippen LogP contribution in [0.15, 0.2) is 23.1 Å². The standard InChI is InChI=1S/C8H8F3NS/c1-5-2-3-6(13-12)4-7(5)8(9,10)11/h2-4H,12H2,1H3. The van der Waals surface area contributed by atoms with E-state index in [0.29, 0.717) is 4.90 Å². The molecular formula is C8H8F3NS. The predicted octanol–water partition coefficient (Wildman–Crippen LogP) is 2.98. The fraction of sp³-hybridized carbons (Fsp3) is 0.250. The first-order chi connectivity index (χ1) is 5.95. The molecule has 0 saturated heterocycles. The Balaban J connectivity index is 3.19. The van der Waals surface area contributed by atoms with Crippen molar-refractivity contribution in [1.82, 2.24) is 0 Å². The molecule has 0 bridgehead atoms. The van der Waals surface area contributed by atoms with Crippen molar-refractivity contribution in [2.75, 3.05) is 0 Å². The van der Waals surface area contributed by atoms with Crippen molar-refractivity contribution in [3.8, 4) is 0 Å². The van der Waals surface area contributed by atoms with Gasteiger partial charge in [0.25, 0.3) is 0 Å². The van der Waals surface area contributed by atoms with Gasteiger partial charge in [0.2, 0.25) is 0 Å². The van der Waals surface area contributed by atoms with Crippen molar-refractivity contribution in [3.63, 3.8) is 0 Å². The van der Waals surface area contributed by atoms with E-state index in [1.54, 1.807) is 6.07 Å². The highest BCUT2D eigenvalue weighted by Gasteiger charge is 2.32. The maximum atomic E-state index is 12.3. The molecule has 0 saturated carbocycles. The number of rotatable bonds is 1. The highest BCUT2D eigenvalue weighted by atomic mass is 32.2. The van der Waals surface area contributed by atoms with Crippen LogP contribution in [0.5, 0.6) is 0 Å². The molecule has 0 aliphatic rings. The maximum absolute atomic E-state index is 12.3. The second-order valence-electron chi connectivity index (χ2n) is 2.59. The summed E-state index contributed by atoms with van der Waals surface area (Å²) in [6.45, 7) is 1.42. The topological polar surface area (TPSA) is 26.0 Å². The predicted molar refractivity (Wildman–Crippen MR) is 46.2 cm³/mol. The Kier molecular flexibility index (Phi) is 2.87. The number of halogens is 3. The Labute approximate surface area is 78.3 Å². The lowest BCUT2D eigenvalue weighted by Gasteiger charge is -2.10. The summed E-state index contributed by atoms with van der Waals surface area (Å²) in [4.78, 5) is 0.415. The first-order valence-electron chi connectivity index (χ1n) is 3.49. The number of nitrogens with two attached hydrogens (primary N) is 1. The van der Waals surface area contributed by atoms with Crippen LogP contribution < -0.4 is 5.14 Å². The van der Waals surface area contributed by atoms with Crippen LogP contribution in [0.4, 0.5) is 13.2 Å². The van der Waals surface area contributed by atoms with E-state index in [1.165, 1.54) is 13.0 Å². The zero-order valence-electron chi connectivity index (χ0n) is 6.85. The molecular weight excluding hydrogens is 199 g/mol. The smallest absolute Gasteiger partial charge is 0.274 e. The van der Waals surface area contributed by atoms with Crippen molar-refractivity contribution in [2.45, 2.75) is 18.0 Å². The quantitative estimate of drug-likeness (QED) is 0.716. The Bertz CT molecular complexity index is 309. The molecule has 0 unspecified atom stereocenters.